The summed E-state index contributed by atoms with van der Waals surface area (Å²) in [4.78, 5) is 52.5. The monoisotopic (exact) mass is 521 g/mol. The van der Waals surface area contributed by atoms with Crippen LogP contribution in [0.3, 0.4) is 0 Å². The number of non-ortho nitro benzene ring substituents is 1. The highest BCUT2D eigenvalue weighted by Gasteiger charge is 2.28. The Hall–Kier alpha value is -5.30. The van der Waals surface area contributed by atoms with Gasteiger partial charge in [-0.1, -0.05) is 35.9 Å². The van der Waals surface area contributed by atoms with Gasteiger partial charge in [-0.2, -0.15) is 9.89 Å². The summed E-state index contributed by atoms with van der Waals surface area (Å²) >= 11 is 5.99. The van der Waals surface area contributed by atoms with E-state index in [4.69, 9.17) is 11.6 Å². The van der Waals surface area contributed by atoms with E-state index >= 15 is 0 Å². The van der Waals surface area contributed by atoms with E-state index in [1.807, 2.05) is 5.43 Å². The zero-order chi connectivity index (χ0) is 26.5. The molecule has 0 aliphatic rings. The number of amides is 3. The van der Waals surface area contributed by atoms with Gasteiger partial charge in [-0.15, -0.1) is 0 Å². The predicted octanol–water partition coefficient (Wildman–Crippen LogP) is 3.47. The smallest absolute Gasteiger partial charge is 0.425 e. The van der Waals surface area contributed by atoms with Crippen LogP contribution >= 0.6 is 11.6 Å². The van der Waals surface area contributed by atoms with Crippen LogP contribution in [-0.2, 0) is 0 Å². The number of hydrazine groups is 1. The molecule has 13 nitrogen and oxygen atoms in total. The van der Waals surface area contributed by atoms with Gasteiger partial charge in [0.2, 0.25) is 0 Å². The van der Waals surface area contributed by atoms with Crippen molar-refractivity contribution in [1.82, 2.24) is 25.7 Å². The topological polar surface area (TPSA) is 181 Å². The van der Waals surface area contributed by atoms with Crippen LogP contribution in [0, 0.1) is 10.1 Å². The van der Waals surface area contributed by atoms with Crippen LogP contribution in [0.15, 0.2) is 73.1 Å². The molecule has 0 fully saturated rings. The highest BCUT2D eigenvalue weighted by atomic mass is 35.5. The Morgan fingerprint density at radius 2 is 1.70 bits per heavy atom. The number of nitrogens with zero attached hydrogens (tertiary/aromatic N) is 4. The number of nitro groups is 1. The van der Waals surface area contributed by atoms with Gasteiger partial charge in [-0.3, -0.25) is 35.5 Å². The average molecular weight is 522 g/mol. The number of hydrogen-bond donors (Lipinski definition) is 4. The van der Waals surface area contributed by atoms with Gasteiger partial charge in [0.25, 0.3) is 17.5 Å². The van der Waals surface area contributed by atoms with Crippen molar-refractivity contribution in [2.45, 2.75) is 0 Å². The first kappa shape index (κ1) is 24.8. The van der Waals surface area contributed by atoms with Crippen LogP contribution in [0.2, 0.25) is 5.02 Å². The fourth-order valence-electron chi connectivity index (χ4n) is 3.40. The van der Waals surface area contributed by atoms with Gasteiger partial charge in [0.05, 0.1) is 10.5 Å². The summed E-state index contributed by atoms with van der Waals surface area (Å²) in [7, 11) is 0. The largest absolute Gasteiger partial charge is 0.464 e. The highest BCUT2D eigenvalue weighted by molar-refractivity contribution is 6.30. The van der Waals surface area contributed by atoms with Crippen LogP contribution in [0.25, 0.3) is 22.4 Å². The predicted molar refractivity (Wildman–Crippen MR) is 131 cm³/mol. The summed E-state index contributed by atoms with van der Waals surface area (Å²) in [6, 6.07) is 14.7. The van der Waals surface area contributed by atoms with E-state index in [1.54, 1.807) is 24.3 Å². The lowest BCUT2D eigenvalue weighted by molar-refractivity contribution is -0.384. The van der Waals surface area contributed by atoms with Crippen LogP contribution in [0.4, 0.5) is 10.5 Å². The molecule has 3 amide bonds. The maximum Gasteiger partial charge on any atom is 0.425 e. The number of rotatable bonds is 6. The van der Waals surface area contributed by atoms with Crippen LogP contribution in [0.1, 0.15) is 20.8 Å². The van der Waals surface area contributed by atoms with Crippen molar-refractivity contribution >= 4 is 35.2 Å². The molecule has 2 heterocycles. The summed E-state index contributed by atoms with van der Waals surface area (Å²) in [5.74, 6) is -1.64. The number of carbonyl (C=O) groups is 3. The van der Waals surface area contributed by atoms with E-state index in [-0.39, 0.29) is 33.8 Å². The van der Waals surface area contributed by atoms with E-state index < -0.39 is 22.8 Å². The van der Waals surface area contributed by atoms with Crippen molar-refractivity contribution in [2.24, 2.45) is 0 Å². The molecule has 4 rings (SSSR count). The quantitative estimate of drug-likeness (QED) is 0.219. The SMILES string of the molecule is O=C(O)Nn1nc(-c2ccc(Cl)cc2)c(-c2cccc([N+](=O)[O-])c2)c1C(=O)NNC(=O)c1cccnc1. The van der Waals surface area contributed by atoms with E-state index in [0.29, 0.717) is 15.4 Å². The Labute approximate surface area is 212 Å². The molecule has 37 heavy (non-hydrogen) atoms. The molecule has 186 valence electrons. The molecule has 4 N–H and O–H groups in total. The minimum Gasteiger partial charge on any atom is -0.464 e. The molecule has 0 unspecified atom stereocenters. The van der Waals surface area contributed by atoms with Gasteiger partial charge in [0.15, 0.2) is 5.69 Å². The summed E-state index contributed by atoms with van der Waals surface area (Å²) in [6.07, 6.45) is 1.21. The molecule has 0 radical (unpaired) electrons. The molecular weight excluding hydrogens is 506 g/mol. The lowest BCUT2D eigenvalue weighted by Gasteiger charge is -2.11. The third kappa shape index (κ3) is 5.52. The summed E-state index contributed by atoms with van der Waals surface area (Å²) < 4.78 is 0. The number of carboxylic acid groups (broad SMARTS) is 1. The Morgan fingerprint density at radius 3 is 2.35 bits per heavy atom. The zero-order valence-corrected chi connectivity index (χ0v) is 19.3. The first-order chi connectivity index (χ1) is 17.7. The number of halogens is 1. The molecule has 0 atom stereocenters. The molecule has 4 aromatic rings. The van der Waals surface area contributed by atoms with Crippen LogP contribution in [-0.4, -0.2) is 42.8 Å². The third-order valence-electron chi connectivity index (χ3n) is 4.98. The molecule has 0 spiro atoms. The molecule has 2 aromatic heterocycles. The molecule has 0 aliphatic heterocycles. The molecule has 0 aliphatic carbocycles. The van der Waals surface area contributed by atoms with Crippen molar-refractivity contribution in [3.8, 4) is 22.4 Å². The van der Waals surface area contributed by atoms with Gasteiger partial charge >= 0.3 is 6.09 Å². The number of hydrogen-bond acceptors (Lipinski definition) is 7. The van der Waals surface area contributed by atoms with E-state index in [2.05, 4.69) is 20.9 Å². The van der Waals surface area contributed by atoms with E-state index in [0.717, 1.165) is 0 Å². The maximum atomic E-state index is 13.3. The summed E-state index contributed by atoms with van der Waals surface area (Å²) in [6.45, 7) is 0. The van der Waals surface area contributed by atoms with Crippen molar-refractivity contribution in [2.75, 3.05) is 5.43 Å². The Kier molecular flexibility index (Phi) is 7.06. The summed E-state index contributed by atoms with van der Waals surface area (Å²) in [5.41, 5.74) is 6.79. The molecule has 0 bridgehead atoms. The van der Waals surface area contributed by atoms with Gasteiger partial charge in [0.1, 0.15) is 5.69 Å². The minimum absolute atomic E-state index is 0.0629. The molecular formula is C23H16ClN7O6. The van der Waals surface area contributed by atoms with Crippen LogP contribution < -0.4 is 16.3 Å². The van der Waals surface area contributed by atoms with Gasteiger partial charge in [-0.25, -0.2) is 10.2 Å². The Balaban J connectivity index is 1.85. The second-order valence-electron chi connectivity index (χ2n) is 7.37. The fourth-order valence-corrected chi connectivity index (χ4v) is 3.53. The standard InChI is InChI=1S/C23H16ClN7O6/c24-16-8-6-13(7-9-16)19-18(14-3-1-5-17(11-14)31(36)37)20(30(28-19)29-23(34)35)22(33)27-26-21(32)15-4-2-10-25-12-15/h1-12,29H,(H,26,32)(H,27,33)(H,34,35). The Bertz CT molecular complexity index is 1510. The molecule has 0 saturated heterocycles. The Morgan fingerprint density at radius 1 is 0.973 bits per heavy atom. The van der Waals surface area contributed by atoms with Crippen molar-refractivity contribution in [1.29, 1.82) is 0 Å². The normalized spacial score (nSPS) is 10.4. The number of aromatic nitrogens is 3. The second kappa shape index (κ2) is 10.5. The maximum absolute atomic E-state index is 13.3. The fraction of sp³-hybridized carbons (Fsp3) is 0. The number of nitrogens with one attached hydrogen (secondary N) is 3. The van der Waals surface area contributed by atoms with Gasteiger partial charge in [0, 0.05) is 40.7 Å². The lowest BCUT2D eigenvalue weighted by Crippen LogP contribution is -2.43. The average Bonchev–Trinajstić information content (AvgIpc) is 3.26. The van der Waals surface area contributed by atoms with E-state index in [1.165, 1.54) is 48.8 Å². The number of pyridine rings is 1. The molecule has 0 saturated carbocycles. The third-order valence-corrected chi connectivity index (χ3v) is 5.23. The second-order valence-corrected chi connectivity index (χ2v) is 7.80. The molecule has 2 aromatic carbocycles. The zero-order valence-electron chi connectivity index (χ0n) is 18.6. The van der Waals surface area contributed by atoms with Crippen molar-refractivity contribution in [3.63, 3.8) is 0 Å². The van der Waals surface area contributed by atoms with Crippen molar-refractivity contribution < 1.29 is 24.4 Å². The van der Waals surface area contributed by atoms with Crippen LogP contribution in [0.5, 0.6) is 0 Å². The molecule has 14 heteroatoms. The lowest BCUT2D eigenvalue weighted by atomic mass is 9.98. The number of nitro benzene ring substituents is 1. The first-order valence-electron chi connectivity index (χ1n) is 10.4. The first-order valence-corrected chi connectivity index (χ1v) is 10.8. The minimum atomic E-state index is -1.54. The van der Waals surface area contributed by atoms with Crippen molar-refractivity contribution in [3.05, 3.63) is 99.5 Å². The highest BCUT2D eigenvalue weighted by Crippen LogP contribution is 2.36. The number of carbonyl (C=O) groups excluding carboxylic acids is 2. The van der Waals surface area contributed by atoms with E-state index in [9.17, 15) is 29.6 Å². The van der Waals surface area contributed by atoms with Gasteiger partial charge in [-0.05, 0) is 29.8 Å². The van der Waals surface area contributed by atoms with Gasteiger partial charge < -0.3 is 5.11 Å². The number of benzene rings is 2. The summed E-state index contributed by atoms with van der Waals surface area (Å²) in [5, 5.41) is 25.4.